The molecule has 1 rings (SSSR count). The lowest BCUT2D eigenvalue weighted by Gasteiger charge is -1.99. The van der Waals surface area contributed by atoms with E-state index in [0.717, 1.165) is 5.69 Å². The molecule has 0 aliphatic heterocycles. The third-order valence-corrected chi connectivity index (χ3v) is 1.67. The minimum absolute atomic E-state index is 1.01. The summed E-state index contributed by atoms with van der Waals surface area (Å²) in [6.45, 7) is 7.71. The molecule has 1 aromatic rings. The first-order valence-corrected chi connectivity index (χ1v) is 3.96. The van der Waals surface area contributed by atoms with Crippen LogP contribution in [-0.2, 0) is 0 Å². The Kier molecular flexibility index (Phi) is 2.81. The van der Waals surface area contributed by atoms with Gasteiger partial charge in [0.1, 0.15) is 0 Å². The van der Waals surface area contributed by atoms with E-state index in [1.54, 1.807) is 12.3 Å². The normalized spacial score (nSPS) is 10.5. The van der Waals surface area contributed by atoms with Crippen molar-refractivity contribution < 1.29 is 0 Å². The highest BCUT2D eigenvalue weighted by atomic mass is 14.7. The molecule has 0 aliphatic rings. The molecule has 12 heavy (non-hydrogen) atoms. The average Bonchev–Trinajstić information content (AvgIpc) is 2.03. The van der Waals surface area contributed by atoms with Gasteiger partial charge < -0.3 is 0 Å². The number of hydrogen-bond donors (Lipinski definition) is 0. The maximum atomic E-state index is 4.22. The number of rotatable bonds is 2. The topological polar surface area (TPSA) is 12.4 Å². The van der Waals surface area contributed by atoms with E-state index in [4.69, 9.17) is 0 Å². The van der Waals surface area contributed by atoms with Crippen molar-refractivity contribution in [3.05, 3.63) is 42.0 Å². The molecule has 1 nitrogen and oxygen atoms in total. The summed E-state index contributed by atoms with van der Waals surface area (Å²) in [5.74, 6) is 0. The van der Waals surface area contributed by atoms with E-state index in [-0.39, 0.29) is 0 Å². The molecule has 0 fully saturated rings. The second kappa shape index (κ2) is 3.86. The smallest absolute Gasteiger partial charge is 0.0658 e. The molecule has 0 atom stereocenters. The van der Waals surface area contributed by atoms with Crippen molar-refractivity contribution in [1.82, 2.24) is 0 Å². The zero-order chi connectivity index (χ0) is 8.97. The molecule has 1 aromatic carbocycles. The molecule has 0 saturated carbocycles. The number of nitrogens with zero attached hydrogens (tertiary/aromatic N) is 1. The third kappa shape index (κ3) is 2.06. The van der Waals surface area contributed by atoms with Crippen molar-refractivity contribution in [3.8, 4) is 0 Å². The molecular formula is C11H13N. The number of hydrogen-bond acceptors (Lipinski definition) is 1. The summed E-state index contributed by atoms with van der Waals surface area (Å²) in [5.41, 5.74) is 3.48. The van der Waals surface area contributed by atoms with E-state index in [1.165, 1.54) is 11.1 Å². The van der Waals surface area contributed by atoms with Crippen LogP contribution < -0.4 is 0 Å². The van der Waals surface area contributed by atoms with Crippen molar-refractivity contribution >= 4 is 11.9 Å². The summed E-state index contributed by atoms with van der Waals surface area (Å²) >= 11 is 0. The summed E-state index contributed by atoms with van der Waals surface area (Å²) in [5, 5.41) is 0. The molecule has 0 bridgehead atoms. The fourth-order valence-corrected chi connectivity index (χ4v) is 1.08. The molecule has 0 heterocycles. The Balaban J connectivity index is 3.01. The van der Waals surface area contributed by atoms with E-state index < -0.39 is 0 Å². The van der Waals surface area contributed by atoms with Gasteiger partial charge in [-0.25, -0.2) is 0 Å². The van der Waals surface area contributed by atoms with Gasteiger partial charge in [0.05, 0.1) is 5.69 Å². The van der Waals surface area contributed by atoms with Gasteiger partial charge in [0, 0.05) is 6.21 Å². The van der Waals surface area contributed by atoms with Crippen LogP contribution in [-0.4, -0.2) is 6.21 Å². The highest BCUT2D eigenvalue weighted by Gasteiger charge is 1.93. The van der Waals surface area contributed by atoms with Gasteiger partial charge in [0.2, 0.25) is 0 Å². The largest absolute Gasteiger partial charge is 0.257 e. The molecule has 0 saturated heterocycles. The van der Waals surface area contributed by atoms with Crippen molar-refractivity contribution in [3.63, 3.8) is 0 Å². The first-order valence-electron chi connectivity index (χ1n) is 3.96. The first-order chi connectivity index (χ1) is 5.74. The SMILES string of the molecule is C=CC=Nc1ccc(C)cc1C. The zero-order valence-electron chi connectivity index (χ0n) is 7.54. The van der Waals surface area contributed by atoms with Crippen LogP contribution in [0.5, 0.6) is 0 Å². The van der Waals surface area contributed by atoms with Gasteiger partial charge in [0.25, 0.3) is 0 Å². The quantitative estimate of drug-likeness (QED) is 0.588. The van der Waals surface area contributed by atoms with Crippen LogP contribution in [0.4, 0.5) is 5.69 Å². The Morgan fingerprint density at radius 2 is 2.08 bits per heavy atom. The highest BCUT2D eigenvalue weighted by Crippen LogP contribution is 2.18. The van der Waals surface area contributed by atoms with Gasteiger partial charge in [-0.1, -0.05) is 30.4 Å². The zero-order valence-corrected chi connectivity index (χ0v) is 7.54. The Morgan fingerprint density at radius 3 is 2.67 bits per heavy atom. The minimum Gasteiger partial charge on any atom is -0.257 e. The van der Waals surface area contributed by atoms with Gasteiger partial charge >= 0.3 is 0 Å². The third-order valence-electron chi connectivity index (χ3n) is 1.67. The van der Waals surface area contributed by atoms with E-state index in [1.807, 2.05) is 6.07 Å². The van der Waals surface area contributed by atoms with Crippen LogP contribution in [0.3, 0.4) is 0 Å². The van der Waals surface area contributed by atoms with Gasteiger partial charge in [-0.2, -0.15) is 0 Å². The van der Waals surface area contributed by atoms with Gasteiger partial charge in [0.15, 0.2) is 0 Å². The lowest BCUT2D eigenvalue weighted by atomic mass is 10.1. The Bertz CT molecular complexity index is 311. The van der Waals surface area contributed by atoms with E-state index in [2.05, 4.69) is 37.6 Å². The maximum absolute atomic E-state index is 4.22. The van der Waals surface area contributed by atoms with Crippen LogP contribution in [0.2, 0.25) is 0 Å². The second-order valence-electron chi connectivity index (χ2n) is 2.80. The van der Waals surface area contributed by atoms with Crippen molar-refractivity contribution in [2.24, 2.45) is 4.99 Å². The fourth-order valence-electron chi connectivity index (χ4n) is 1.08. The first kappa shape index (κ1) is 8.72. The maximum Gasteiger partial charge on any atom is 0.0658 e. The number of aryl methyl sites for hydroxylation is 2. The summed E-state index contributed by atoms with van der Waals surface area (Å²) in [6, 6.07) is 6.20. The summed E-state index contributed by atoms with van der Waals surface area (Å²) in [6.07, 6.45) is 3.39. The van der Waals surface area contributed by atoms with Crippen LogP contribution in [0.15, 0.2) is 35.8 Å². The van der Waals surface area contributed by atoms with Crippen LogP contribution in [0.1, 0.15) is 11.1 Å². The Morgan fingerprint density at radius 1 is 1.33 bits per heavy atom. The molecule has 0 aliphatic carbocycles. The summed E-state index contributed by atoms with van der Waals surface area (Å²) < 4.78 is 0. The molecule has 0 amide bonds. The van der Waals surface area contributed by atoms with Crippen molar-refractivity contribution in [1.29, 1.82) is 0 Å². The van der Waals surface area contributed by atoms with Crippen molar-refractivity contribution in [2.75, 3.05) is 0 Å². The van der Waals surface area contributed by atoms with Gasteiger partial charge in [-0.15, -0.1) is 0 Å². The summed E-state index contributed by atoms with van der Waals surface area (Å²) in [4.78, 5) is 4.22. The molecule has 0 radical (unpaired) electrons. The molecule has 62 valence electrons. The van der Waals surface area contributed by atoms with E-state index in [0.29, 0.717) is 0 Å². The lowest BCUT2D eigenvalue weighted by Crippen LogP contribution is -1.77. The molecule has 0 spiro atoms. The van der Waals surface area contributed by atoms with E-state index >= 15 is 0 Å². The molecule has 1 heteroatoms. The molecular weight excluding hydrogens is 146 g/mol. The van der Waals surface area contributed by atoms with E-state index in [9.17, 15) is 0 Å². The number of allylic oxidation sites excluding steroid dienone is 1. The predicted molar refractivity (Wildman–Crippen MR) is 54.3 cm³/mol. The Hall–Kier alpha value is -1.37. The molecule has 0 aromatic heterocycles. The Labute approximate surface area is 73.5 Å². The number of aliphatic imine (C=N–C) groups is 1. The van der Waals surface area contributed by atoms with Crippen LogP contribution in [0, 0.1) is 13.8 Å². The lowest BCUT2D eigenvalue weighted by molar-refractivity contribution is 1.35. The van der Waals surface area contributed by atoms with Crippen molar-refractivity contribution in [2.45, 2.75) is 13.8 Å². The average molecular weight is 159 g/mol. The highest BCUT2D eigenvalue weighted by molar-refractivity contribution is 5.74. The fraction of sp³-hybridized carbons (Fsp3) is 0.182. The van der Waals surface area contributed by atoms with Crippen LogP contribution in [0.25, 0.3) is 0 Å². The monoisotopic (exact) mass is 159 g/mol. The number of benzene rings is 1. The second-order valence-corrected chi connectivity index (χ2v) is 2.80. The van der Waals surface area contributed by atoms with Gasteiger partial charge in [-0.05, 0) is 25.5 Å². The molecule has 0 N–H and O–H groups in total. The summed E-state index contributed by atoms with van der Waals surface area (Å²) in [7, 11) is 0. The molecule has 0 unspecified atom stereocenters. The minimum atomic E-state index is 1.01. The standard InChI is InChI=1S/C11H13N/c1-4-7-12-11-6-5-9(2)8-10(11)3/h4-8H,1H2,2-3H3. The van der Waals surface area contributed by atoms with Crippen LogP contribution >= 0.6 is 0 Å². The predicted octanol–water partition coefficient (Wildman–Crippen LogP) is 3.19. The van der Waals surface area contributed by atoms with Gasteiger partial charge in [-0.3, -0.25) is 4.99 Å².